The maximum Gasteiger partial charge on any atom is 0.274 e. The van der Waals surface area contributed by atoms with Crippen molar-refractivity contribution in [3.63, 3.8) is 0 Å². The average molecular weight is 340 g/mol. The number of aromatic nitrogens is 1. The molecule has 0 unspecified atom stereocenters. The molecular formula is C18H20N4O3. The second-order valence-corrected chi connectivity index (χ2v) is 5.63. The van der Waals surface area contributed by atoms with E-state index in [1.807, 2.05) is 35.5 Å². The molecule has 1 fully saturated rings. The molecule has 1 aromatic heterocycles. The number of carbonyl (C=O) groups excluding carboxylic acids is 1. The van der Waals surface area contributed by atoms with Gasteiger partial charge in [0.05, 0.1) is 31.5 Å². The summed E-state index contributed by atoms with van der Waals surface area (Å²) < 4.78 is 5.23. The van der Waals surface area contributed by atoms with Crippen LogP contribution in [-0.2, 0) is 4.79 Å². The van der Waals surface area contributed by atoms with E-state index in [9.17, 15) is 9.90 Å². The minimum Gasteiger partial charge on any atom is -0.546 e. The van der Waals surface area contributed by atoms with Gasteiger partial charge in [-0.05, 0) is 18.2 Å². The molecular weight excluding hydrogens is 320 g/mol. The van der Waals surface area contributed by atoms with Gasteiger partial charge in [0, 0.05) is 11.6 Å². The lowest BCUT2D eigenvalue weighted by Gasteiger charge is -2.28. The van der Waals surface area contributed by atoms with Crippen LogP contribution in [0.1, 0.15) is 5.56 Å². The molecule has 1 saturated heterocycles. The quantitative estimate of drug-likeness (QED) is 0.680. The van der Waals surface area contributed by atoms with Crippen molar-refractivity contribution in [2.45, 2.75) is 0 Å². The van der Waals surface area contributed by atoms with Crippen molar-refractivity contribution < 1.29 is 19.6 Å². The Balaban J connectivity index is 1.58. The van der Waals surface area contributed by atoms with Gasteiger partial charge in [0.2, 0.25) is 0 Å². The fraction of sp³-hybridized carbons (Fsp3) is 0.278. The number of ether oxygens (including phenoxy) is 1. The third-order valence-corrected chi connectivity index (χ3v) is 3.91. The van der Waals surface area contributed by atoms with E-state index in [2.05, 4.69) is 21.1 Å². The van der Waals surface area contributed by atoms with Crippen molar-refractivity contribution in [3.8, 4) is 5.75 Å². The second kappa shape index (κ2) is 8.14. The molecule has 2 heterocycles. The maximum atomic E-state index is 10.6. The number of carboxylic acids is 1. The molecule has 1 N–H and O–H groups in total. The maximum absolute atomic E-state index is 10.6. The molecule has 3 rings (SSSR count). The molecule has 1 aliphatic rings. The number of aromatic amines is 1. The molecule has 0 spiro atoms. The van der Waals surface area contributed by atoms with Crippen LogP contribution in [0.15, 0.2) is 53.8 Å². The van der Waals surface area contributed by atoms with E-state index < -0.39 is 12.6 Å². The van der Waals surface area contributed by atoms with E-state index in [1.54, 1.807) is 18.3 Å². The minimum atomic E-state index is -1.25. The summed E-state index contributed by atoms with van der Waals surface area (Å²) in [4.78, 5) is 16.1. The zero-order valence-electron chi connectivity index (χ0n) is 13.8. The third kappa shape index (κ3) is 4.69. The monoisotopic (exact) mass is 340 g/mol. The Morgan fingerprint density at radius 2 is 1.92 bits per heavy atom. The van der Waals surface area contributed by atoms with Gasteiger partial charge in [-0.1, -0.05) is 18.2 Å². The van der Waals surface area contributed by atoms with Crippen LogP contribution in [0.25, 0.3) is 0 Å². The van der Waals surface area contributed by atoms with Crippen LogP contribution < -0.4 is 19.7 Å². The number of benzene rings is 1. The van der Waals surface area contributed by atoms with Crippen molar-refractivity contribution in [3.05, 3.63) is 54.2 Å². The molecule has 1 aliphatic heterocycles. The number of H-pyrrole nitrogens is 1. The first-order valence-electron chi connectivity index (χ1n) is 8.14. The van der Waals surface area contributed by atoms with E-state index in [0.29, 0.717) is 5.75 Å². The number of hydrogen-bond donors (Lipinski definition) is 0. The van der Waals surface area contributed by atoms with Gasteiger partial charge in [0.15, 0.2) is 0 Å². The number of piperazine rings is 1. The van der Waals surface area contributed by atoms with Crippen LogP contribution in [0.2, 0.25) is 0 Å². The highest BCUT2D eigenvalue weighted by molar-refractivity contribution is 5.83. The van der Waals surface area contributed by atoms with E-state index in [-0.39, 0.29) is 0 Å². The van der Waals surface area contributed by atoms with Gasteiger partial charge in [-0.3, -0.25) is 9.91 Å². The highest BCUT2D eigenvalue weighted by Crippen LogP contribution is 2.16. The molecule has 0 radical (unpaired) electrons. The van der Waals surface area contributed by atoms with Gasteiger partial charge in [-0.25, -0.2) is 4.98 Å². The number of nitrogens with one attached hydrogen (secondary N) is 1. The molecule has 0 aliphatic carbocycles. The molecule has 0 atom stereocenters. The normalized spacial score (nSPS) is 14.7. The summed E-state index contributed by atoms with van der Waals surface area (Å²) in [6, 6.07) is 13.2. The Morgan fingerprint density at radius 3 is 2.64 bits per heavy atom. The van der Waals surface area contributed by atoms with Crippen molar-refractivity contribution in [1.82, 2.24) is 5.01 Å². The first-order chi connectivity index (χ1) is 12.2. The van der Waals surface area contributed by atoms with E-state index >= 15 is 0 Å². The first kappa shape index (κ1) is 16.8. The molecule has 0 bridgehead atoms. The van der Waals surface area contributed by atoms with Crippen molar-refractivity contribution in [2.24, 2.45) is 5.10 Å². The highest BCUT2D eigenvalue weighted by atomic mass is 16.5. The minimum absolute atomic E-state index is 0.475. The summed E-state index contributed by atoms with van der Waals surface area (Å²) in [5.74, 6) is 0.334. The predicted molar refractivity (Wildman–Crippen MR) is 91.3 cm³/mol. The number of pyridine rings is 1. The predicted octanol–water partition coefficient (Wildman–Crippen LogP) is -0.214. The number of nitrogens with zero attached hydrogens (tertiary/aromatic N) is 3. The summed E-state index contributed by atoms with van der Waals surface area (Å²) in [6.45, 7) is 2.89. The standard InChI is InChI=1S/C18H20N4O3/c23-18(24)14-25-16-6-2-1-5-15(16)13-20-22-11-9-21(10-12-22)17-7-3-4-8-19-17/h1-8,13H,9-12,14H2,(H,23,24)/b20-13-. The van der Waals surface area contributed by atoms with E-state index in [0.717, 1.165) is 37.6 Å². The number of carbonyl (C=O) groups is 1. The molecule has 0 amide bonds. The molecule has 1 aromatic carbocycles. The van der Waals surface area contributed by atoms with Crippen LogP contribution in [-0.4, -0.2) is 50.0 Å². The fourth-order valence-corrected chi connectivity index (χ4v) is 2.63. The molecule has 2 aromatic rings. The van der Waals surface area contributed by atoms with Crippen LogP contribution in [0.4, 0.5) is 5.82 Å². The molecule has 130 valence electrons. The van der Waals surface area contributed by atoms with Gasteiger partial charge in [-0.15, -0.1) is 0 Å². The number of aliphatic carboxylic acids is 1. The number of para-hydroxylation sites is 1. The van der Waals surface area contributed by atoms with Crippen LogP contribution in [0.3, 0.4) is 0 Å². The molecule has 7 heteroatoms. The largest absolute Gasteiger partial charge is 0.546 e. The van der Waals surface area contributed by atoms with Gasteiger partial charge in [0.1, 0.15) is 25.4 Å². The summed E-state index contributed by atoms with van der Waals surface area (Å²) in [5.41, 5.74) is 0.738. The molecule has 25 heavy (non-hydrogen) atoms. The van der Waals surface area contributed by atoms with Crippen LogP contribution in [0.5, 0.6) is 5.75 Å². The molecule has 7 nitrogen and oxygen atoms in total. The summed E-state index contributed by atoms with van der Waals surface area (Å²) in [5, 5.41) is 17.0. The summed E-state index contributed by atoms with van der Waals surface area (Å²) >= 11 is 0. The first-order valence-corrected chi connectivity index (χ1v) is 8.14. The van der Waals surface area contributed by atoms with Crippen LogP contribution >= 0.6 is 0 Å². The Labute approximate surface area is 146 Å². The van der Waals surface area contributed by atoms with E-state index in [1.165, 1.54) is 0 Å². The van der Waals surface area contributed by atoms with Gasteiger partial charge in [-0.2, -0.15) is 5.10 Å². The number of anilines is 1. The lowest BCUT2D eigenvalue weighted by Crippen LogP contribution is -2.45. The Kier molecular flexibility index (Phi) is 5.46. The topological polar surface area (TPSA) is 82.3 Å². The van der Waals surface area contributed by atoms with Crippen LogP contribution in [0, 0.1) is 0 Å². The fourth-order valence-electron chi connectivity index (χ4n) is 2.63. The SMILES string of the molecule is O=C([O-])COc1ccccc1/C=N\N1CCN(c2cccc[nH+]2)CC1. The molecule has 0 saturated carbocycles. The smallest absolute Gasteiger partial charge is 0.274 e. The van der Waals surface area contributed by atoms with E-state index in [4.69, 9.17) is 4.74 Å². The summed E-state index contributed by atoms with van der Waals surface area (Å²) in [7, 11) is 0. The lowest BCUT2D eigenvalue weighted by atomic mass is 10.2. The van der Waals surface area contributed by atoms with Gasteiger partial charge >= 0.3 is 0 Å². The highest BCUT2D eigenvalue weighted by Gasteiger charge is 2.21. The zero-order valence-corrected chi connectivity index (χ0v) is 13.8. The Morgan fingerprint density at radius 1 is 1.16 bits per heavy atom. The average Bonchev–Trinajstić information content (AvgIpc) is 2.66. The van der Waals surface area contributed by atoms with Crippen molar-refractivity contribution in [1.29, 1.82) is 0 Å². The number of rotatable bonds is 6. The Bertz CT molecular complexity index is 728. The second-order valence-electron chi connectivity index (χ2n) is 5.63. The van der Waals surface area contributed by atoms with Gasteiger partial charge in [0.25, 0.3) is 5.82 Å². The summed E-state index contributed by atoms with van der Waals surface area (Å²) in [6.07, 6.45) is 3.62. The lowest BCUT2D eigenvalue weighted by molar-refractivity contribution is -0.364. The van der Waals surface area contributed by atoms with Crippen molar-refractivity contribution >= 4 is 18.0 Å². The number of carboxylic acid groups (broad SMARTS) is 1. The Hall–Kier alpha value is -3.09. The number of hydrazone groups is 1. The number of hydrogen-bond acceptors (Lipinski definition) is 6. The van der Waals surface area contributed by atoms with Gasteiger partial charge < -0.3 is 14.6 Å². The van der Waals surface area contributed by atoms with Crippen molar-refractivity contribution in [2.75, 3.05) is 37.7 Å². The zero-order chi connectivity index (χ0) is 17.5. The third-order valence-electron chi connectivity index (χ3n) is 3.91.